The van der Waals surface area contributed by atoms with Crippen LogP contribution in [0.4, 0.5) is 0 Å². The number of hydrogen-bond acceptors (Lipinski definition) is 3. The molecule has 0 radical (unpaired) electrons. The Kier molecular flexibility index (Phi) is 2.48. The van der Waals surface area contributed by atoms with Crippen molar-refractivity contribution < 1.29 is 13.9 Å². The standard InChI is InChI=1S/C13H12O3/c1-2-5-10(6-3-1)13-15-9-12(16-13)11-7-4-8-14-11/h1-8,12-13H,9H2. The third kappa shape index (κ3) is 1.75. The van der Waals surface area contributed by atoms with Crippen molar-refractivity contribution in [1.29, 1.82) is 0 Å². The van der Waals surface area contributed by atoms with Crippen LogP contribution < -0.4 is 0 Å². The van der Waals surface area contributed by atoms with Crippen LogP contribution in [0.25, 0.3) is 0 Å². The molecule has 2 atom stereocenters. The van der Waals surface area contributed by atoms with E-state index >= 15 is 0 Å². The summed E-state index contributed by atoms with van der Waals surface area (Å²) in [6, 6.07) is 13.7. The van der Waals surface area contributed by atoms with Crippen LogP contribution in [0.3, 0.4) is 0 Å². The molecule has 3 nitrogen and oxygen atoms in total. The molecule has 1 saturated heterocycles. The predicted octanol–water partition coefficient (Wildman–Crippen LogP) is 3.07. The maximum Gasteiger partial charge on any atom is 0.184 e. The van der Waals surface area contributed by atoms with E-state index in [0.717, 1.165) is 11.3 Å². The average molecular weight is 216 g/mol. The number of furan rings is 1. The van der Waals surface area contributed by atoms with E-state index in [1.807, 2.05) is 42.5 Å². The molecular formula is C13H12O3. The van der Waals surface area contributed by atoms with E-state index < -0.39 is 0 Å². The van der Waals surface area contributed by atoms with E-state index in [9.17, 15) is 0 Å². The van der Waals surface area contributed by atoms with Crippen LogP contribution in [0.1, 0.15) is 23.7 Å². The lowest BCUT2D eigenvalue weighted by molar-refractivity contribution is -0.0637. The fourth-order valence-corrected chi connectivity index (χ4v) is 1.81. The van der Waals surface area contributed by atoms with E-state index in [0.29, 0.717) is 6.61 Å². The first-order valence-corrected chi connectivity index (χ1v) is 5.29. The Balaban J connectivity index is 1.74. The minimum absolute atomic E-state index is 0.0970. The van der Waals surface area contributed by atoms with Crippen molar-refractivity contribution in [1.82, 2.24) is 0 Å². The summed E-state index contributed by atoms with van der Waals surface area (Å²) in [6.45, 7) is 0.535. The largest absolute Gasteiger partial charge is 0.466 e. The van der Waals surface area contributed by atoms with Crippen molar-refractivity contribution in [3.63, 3.8) is 0 Å². The van der Waals surface area contributed by atoms with Crippen molar-refractivity contribution in [2.45, 2.75) is 12.4 Å². The Labute approximate surface area is 93.6 Å². The molecule has 2 unspecified atom stereocenters. The molecule has 82 valence electrons. The SMILES string of the molecule is c1ccc(C2OCC(c3ccco3)O2)cc1. The highest BCUT2D eigenvalue weighted by atomic mass is 16.7. The molecule has 1 fully saturated rings. The van der Waals surface area contributed by atoms with Gasteiger partial charge in [-0.1, -0.05) is 30.3 Å². The minimum atomic E-state index is -0.281. The van der Waals surface area contributed by atoms with Crippen molar-refractivity contribution in [3.05, 3.63) is 60.1 Å². The Morgan fingerprint density at radius 2 is 1.88 bits per heavy atom. The zero-order chi connectivity index (χ0) is 10.8. The highest BCUT2D eigenvalue weighted by Gasteiger charge is 2.29. The van der Waals surface area contributed by atoms with Crippen LogP contribution in [0.15, 0.2) is 53.1 Å². The predicted molar refractivity (Wildman–Crippen MR) is 57.7 cm³/mol. The highest BCUT2D eigenvalue weighted by molar-refractivity contribution is 5.17. The Morgan fingerprint density at radius 1 is 1.00 bits per heavy atom. The molecule has 0 amide bonds. The third-order valence-corrected chi connectivity index (χ3v) is 2.62. The molecule has 0 N–H and O–H groups in total. The third-order valence-electron chi connectivity index (χ3n) is 2.62. The molecule has 2 heterocycles. The van der Waals surface area contributed by atoms with E-state index in [1.165, 1.54) is 0 Å². The summed E-state index contributed by atoms with van der Waals surface area (Å²) in [4.78, 5) is 0. The van der Waals surface area contributed by atoms with Crippen molar-refractivity contribution in [3.8, 4) is 0 Å². The fourth-order valence-electron chi connectivity index (χ4n) is 1.81. The molecule has 0 saturated carbocycles. The molecule has 1 aromatic carbocycles. The fraction of sp³-hybridized carbons (Fsp3) is 0.231. The number of rotatable bonds is 2. The summed E-state index contributed by atoms with van der Waals surface area (Å²) in [7, 11) is 0. The van der Waals surface area contributed by atoms with Crippen LogP contribution in [-0.4, -0.2) is 6.61 Å². The summed E-state index contributed by atoms with van der Waals surface area (Å²) in [6.07, 6.45) is 1.27. The first kappa shape index (κ1) is 9.63. The lowest BCUT2D eigenvalue weighted by Crippen LogP contribution is -1.99. The molecule has 1 aromatic heterocycles. The summed E-state index contributed by atoms with van der Waals surface area (Å²) < 4.78 is 16.7. The Bertz CT molecular complexity index is 435. The van der Waals surface area contributed by atoms with E-state index in [1.54, 1.807) is 6.26 Å². The summed E-state index contributed by atoms with van der Waals surface area (Å²) in [5.74, 6) is 0.818. The first-order valence-electron chi connectivity index (χ1n) is 5.29. The molecule has 1 aliphatic rings. The van der Waals surface area contributed by atoms with E-state index in [2.05, 4.69) is 0 Å². The average Bonchev–Trinajstić information content (AvgIpc) is 3.01. The van der Waals surface area contributed by atoms with Crippen molar-refractivity contribution in [2.24, 2.45) is 0 Å². The van der Waals surface area contributed by atoms with Gasteiger partial charge in [-0.05, 0) is 12.1 Å². The zero-order valence-electron chi connectivity index (χ0n) is 8.71. The molecule has 16 heavy (non-hydrogen) atoms. The second-order valence-electron chi connectivity index (χ2n) is 3.72. The number of hydrogen-bond donors (Lipinski definition) is 0. The van der Waals surface area contributed by atoms with Crippen LogP contribution in [0, 0.1) is 0 Å². The van der Waals surface area contributed by atoms with Gasteiger partial charge in [-0.3, -0.25) is 0 Å². The lowest BCUT2D eigenvalue weighted by Gasteiger charge is -2.09. The molecule has 0 spiro atoms. The normalized spacial score (nSPS) is 24.8. The molecule has 2 aromatic rings. The smallest absolute Gasteiger partial charge is 0.184 e. The van der Waals surface area contributed by atoms with Gasteiger partial charge in [0.05, 0.1) is 12.9 Å². The van der Waals surface area contributed by atoms with E-state index in [-0.39, 0.29) is 12.4 Å². The van der Waals surface area contributed by atoms with Gasteiger partial charge in [0.2, 0.25) is 0 Å². The molecule has 0 bridgehead atoms. The Hall–Kier alpha value is -1.58. The lowest BCUT2D eigenvalue weighted by atomic mass is 10.2. The van der Waals surface area contributed by atoms with Crippen molar-refractivity contribution >= 4 is 0 Å². The van der Waals surface area contributed by atoms with Crippen molar-refractivity contribution in [2.75, 3.05) is 6.61 Å². The Morgan fingerprint density at radius 3 is 2.62 bits per heavy atom. The first-order chi connectivity index (χ1) is 7.93. The van der Waals surface area contributed by atoms with Gasteiger partial charge in [0.25, 0.3) is 0 Å². The van der Waals surface area contributed by atoms with Gasteiger partial charge in [-0.15, -0.1) is 0 Å². The molecule has 0 aliphatic carbocycles. The zero-order valence-corrected chi connectivity index (χ0v) is 8.71. The van der Waals surface area contributed by atoms with Gasteiger partial charge in [-0.2, -0.15) is 0 Å². The van der Waals surface area contributed by atoms with Gasteiger partial charge >= 0.3 is 0 Å². The van der Waals surface area contributed by atoms with Crippen LogP contribution >= 0.6 is 0 Å². The van der Waals surface area contributed by atoms with Crippen LogP contribution in [0.2, 0.25) is 0 Å². The maximum atomic E-state index is 5.78. The molecular weight excluding hydrogens is 204 g/mol. The monoisotopic (exact) mass is 216 g/mol. The molecule has 1 aliphatic heterocycles. The quantitative estimate of drug-likeness (QED) is 0.773. The topological polar surface area (TPSA) is 31.6 Å². The summed E-state index contributed by atoms with van der Waals surface area (Å²) in [5.41, 5.74) is 1.04. The minimum Gasteiger partial charge on any atom is -0.466 e. The molecule has 3 rings (SSSR count). The van der Waals surface area contributed by atoms with Gasteiger partial charge < -0.3 is 13.9 Å². The summed E-state index contributed by atoms with van der Waals surface area (Å²) >= 11 is 0. The van der Waals surface area contributed by atoms with Crippen LogP contribution in [0.5, 0.6) is 0 Å². The second kappa shape index (κ2) is 4.12. The van der Waals surface area contributed by atoms with Crippen LogP contribution in [-0.2, 0) is 9.47 Å². The second-order valence-corrected chi connectivity index (χ2v) is 3.72. The van der Waals surface area contributed by atoms with Gasteiger partial charge in [-0.25, -0.2) is 0 Å². The molecule has 3 heteroatoms. The maximum absolute atomic E-state index is 5.78. The highest BCUT2D eigenvalue weighted by Crippen LogP contribution is 2.34. The number of ether oxygens (including phenoxy) is 2. The van der Waals surface area contributed by atoms with Gasteiger partial charge in [0.15, 0.2) is 6.29 Å². The summed E-state index contributed by atoms with van der Waals surface area (Å²) in [5, 5.41) is 0. The number of benzene rings is 1. The van der Waals surface area contributed by atoms with Gasteiger partial charge in [0, 0.05) is 5.56 Å². The van der Waals surface area contributed by atoms with E-state index in [4.69, 9.17) is 13.9 Å². The van der Waals surface area contributed by atoms with Gasteiger partial charge in [0.1, 0.15) is 11.9 Å².